The fourth-order valence-electron chi connectivity index (χ4n) is 3.03. The van der Waals surface area contributed by atoms with E-state index in [1.165, 1.54) is 24.3 Å². The second-order valence-electron chi connectivity index (χ2n) is 5.89. The molecule has 1 aliphatic rings. The average Bonchev–Trinajstić information content (AvgIpc) is 3.07. The van der Waals surface area contributed by atoms with Gasteiger partial charge in [-0.25, -0.2) is 13.6 Å². The number of primary amides is 1. The second kappa shape index (κ2) is 6.88. The van der Waals surface area contributed by atoms with Crippen LogP contribution < -0.4 is 11.1 Å². The van der Waals surface area contributed by atoms with E-state index < -0.39 is 11.7 Å². The molecule has 1 saturated heterocycles. The van der Waals surface area contributed by atoms with E-state index in [1.54, 1.807) is 17.0 Å². The molecule has 2 aromatic carbocycles. The number of hydrogen-bond donors (Lipinski definition) is 2. The van der Waals surface area contributed by atoms with Crippen molar-refractivity contribution in [3.05, 3.63) is 65.2 Å². The van der Waals surface area contributed by atoms with E-state index >= 15 is 0 Å². The van der Waals surface area contributed by atoms with Crippen LogP contribution in [0.2, 0.25) is 0 Å². The van der Waals surface area contributed by atoms with Gasteiger partial charge >= 0.3 is 6.03 Å². The number of anilines is 1. The highest BCUT2D eigenvalue weighted by molar-refractivity contribution is 5.96. The third-order valence-electron chi connectivity index (χ3n) is 4.25. The van der Waals surface area contributed by atoms with Crippen molar-refractivity contribution in [1.29, 1.82) is 0 Å². The van der Waals surface area contributed by atoms with Crippen molar-refractivity contribution >= 4 is 17.6 Å². The van der Waals surface area contributed by atoms with Crippen molar-refractivity contribution < 1.29 is 18.4 Å². The first-order chi connectivity index (χ1) is 12.0. The lowest BCUT2D eigenvalue weighted by Crippen LogP contribution is -2.34. The Morgan fingerprint density at radius 1 is 1.12 bits per heavy atom. The van der Waals surface area contributed by atoms with Gasteiger partial charge in [-0.3, -0.25) is 4.79 Å². The predicted molar refractivity (Wildman–Crippen MR) is 89.0 cm³/mol. The van der Waals surface area contributed by atoms with Crippen LogP contribution in [0.15, 0.2) is 42.5 Å². The third-order valence-corrected chi connectivity index (χ3v) is 4.25. The number of rotatable bonds is 3. The Labute approximate surface area is 143 Å². The number of nitrogens with one attached hydrogen (secondary N) is 1. The van der Waals surface area contributed by atoms with Crippen LogP contribution in [0.25, 0.3) is 0 Å². The minimum Gasteiger partial charge on any atom is -0.366 e. The number of nitrogens with two attached hydrogens (primary N) is 1. The largest absolute Gasteiger partial charge is 0.366 e. The molecule has 0 bridgehead atoms. The highest BCUT2D eigenvalue weighted by Gasteiger charge is 2.30. The van der Waals surface area contributed by atoms with Gasteiger partial charge in [0, 0.05) is 12.2 Å². The van der Waals surface area contributed by atoms with Crippen molar-refractivity contribution in [3.63, 3.8) is 0 Å². The van der Waals surface area contributed by atoms with Gasteiger partial charge in [-0.1, -0.05) is 12.1 Å². The van der Waals surface area contributed by atoms with Crippen LogP contribution >= 0.6 is 0 Å². The zero-order valence-corrected chi connectivity index (χ0v) is 13.3. The molecule has 3 rings (SSSR count). The molecule has 1 fully saturated rings. The van der Waals surface area contributed by atoms with Crippen LogP contribution in [0.3, 0.4) is 0 Å². The van der Waals surface area contributed by atoms with Crippen molar-refractivity contribution in [3.8, 4) is 0 Å². The quantitative estimate of drug-likeness (QED) is 0.894. The van der Waals surface area contributed by atoms with Gasteiger partial charge in [0.15, 0.2) is 0 Å². The standard InChI is InChI=1S/C18H17F2N3O2/c19-12-5-3-11(4-6-12)16-2-1-9-23(16)18(25)22-13-7-8-15(20)14(10-13)17(21)24/h3-8,10,16H,1-2,9H2,(H2,21,24)(H,22,25). The van der Waals surface area contributed by atoms with Crippen molar-refractivity contribution in [1.82, 2.24) is 4.90 Å². The highest BCUT2D eigenvalue weighted by atomic mass is 19.1. The van der Waals surface area contributed by atoms with E-state index in [0.717, 1.165) is 24.5 Å². The summed E-state index contributed by atoms with van der Waals surface area (Å²) in [5.41, 5.74) is 5.97. The van der Waals surface area contributed by atoms with Crippen molar-refractivity contribution in [2.45, 2.75) is 18.9 Å². The van der Waals surface area contributed by atoms with Gasteiger partial charge in [0.05, 0.1) is 11.6 Å². The topological polar surface area (TPSA) is 75.4 Å². The maximum absolute atomic E-state index is 13.5. The molecule has 5 nitrogen and oxygen atoms in total. The van der Waals surface area contributed by atoms with Crippen LogP contribution in [0.5, 0.6) is 0 Å². The number of carbonyl (C=O) groups is 2. The Balaban J connectivity index is 1.77. The molecule has 3 amide bonds. The van der Waals surface area contributed by atoms with Gasteiger partial charge in [0.25, 0.3) is 5.91 Å². The van der Waals surface area contributed by atoms with E-state index in [-0.39, 0.29) is 29.1 Å². The lowest BCUT2D eigenvalue weighted by Gasteiger charge is -2.25. The van der Waals surface area contributed by atoms with E-state index in [2.05, 4.69) is 5.32 Å². The summed E-state index contributed by atoms with van der Waals surface area (Å²) in [6.45, 7) is 0.553. The molecule has 1 heterocycles. The molecule has 0 spiro atoms. The number of amides is 3. The second-order valence-corrected chi connectivity index (χ2v) is 5.89. The summed E-state index contributed by atoms with van der Waals surface area (Å²) in [6.07, 6.45) is 1.60. The summed E-state index contributed by atoms with van der Waals surface area (Å²) >= 11 is 0. The molecule has 0 aromatic heterocycles. The Bertz CT molecular complexity index is 808. The smallest absolute Gasteiger partial charge is 0.322 e. The maximum Gasteiger partial charge on any atom is 0.322 e. The number of carbonyl (C=O) groups excluding carboxylic acids is 2. The lowest BCUT2D eigenvalue weighted by atomic mass is 10.0. The monoisotopic (exact) mass is 345 g/mol. The lowest BCUT2D eigenvalue weighted by molar-refractivity contribution is 0.0996. The average molecular weight is 345 g/mol. The highest BCUT2D eigenvalue weighted by Crippen LogP contribution is 2.32. The summed E-state index contributed by atoms with van der Waals surface area (Å²) in [4.78, 5) is 25.4. The summed E-state index contributed by atoms with van der Waals surface area (Å²) in [5, 5.41) is 2.66. The van der Waals surface area contributed by atoms with Gasteiger partial charge in [-0.15, -0.1) is 0 Å². The molecule has 3 N–H and O–H groups in total. The Morgan fingerprint density at radius 2 is 1.84 bits per heavy atom. The number of halogens is 2. The zero-order valence-electron chi connectivity index (χ0n) is 13.3. The molecular formula is C18H17F2N3O2. The number of urea groups is 1. The summed E-state index contributed by atoms with van der Waals surface area (Å²) < 4.78 is 26.6. The summed E-state index contributed by atoms with van der Waals surface area (Å²) in [7, 11) is 0. The number of hydrogen-bond acceptors (Lipinski definition) is 2. The molecular weight excluding hydrogens is 328 g/mol. The van der Waals surface area contributed by atoms with Gasteiger partial charge in [-0.2, -0.15) is 0 Å². The van der Waals surface area contributed by atoms with Crippen LogP contribution in [0, 0.1) is 11.6 Å². The third kappa shape index (κ3) is 3.60. The maximum atomic E-state index is 13.5. The molecule has 1 unspecified atom stereocenters. The van der Waals surface area contributed by atoms with E-state index in [1.807, 2.05) is 0 Å². The van der Waals surface area contributed by atoms with Crippen LogP contribution in [0.1, 0.15) is 34.8 Å². The Hall–Kier alpha value is -2.96. The van der Waals surface area contributed by atoms with E-state index in [4.69, 9.17) is 5.73 Å². The van der Waals surface area contributed by atoms with Gasteiger partial charge in [0.2, 0.25) is 0 Å². The molecule has 130 valence electrons. The number of nitrogens with zero attached hydrogens (tertiary/aromatic N) is 1. The van der Waals surface area contributed by atoms with Gasteiger partial charge in [0.1, 0.15) is 11.6 Å². The first-order valence-electron chi connectivity index (χ1n) is 7.88. The van der Waals surface area contributed by atoms with Crippen LogP contribution in [0.4, 0.5) is 19.3 Å². The number of likely N-dealkylation sites (tertiary alicyclic amines) is 1. The summed E-state index contributed by atoms with van der Waals surface area (Å²) in [5.74, 6) is -1.97. The van der Waals surface area contributed by atoms with Gasteiger partial charge in [-0.05, 0) is 48.7 Å². The first-order valence-corrected chi connectivity index (χ1v) is 7.88. The normalized spacial score (nSPS) is 16.7. The molecule has 1 aliphatic heterocycles. The fraction of sp³-hybridized carbons (Fsp3) is 0.222. The SMILES string of the molecule is NC(=O)c1cc(NC(=O)N2CCCC2c2ccc(F)cc2)ccc1F. The molecule has 2 aromatic rings. The molecule has 0 radical (unpaired) electrons. The zero-order chi connectivity index (χ0) is 18.0. The number of benzene rings is 2. The summed E-state index contributed by atoms with van der Waals surface area (Å²) in [6, 6.07) is 9.18. The predicted octanol–water partition coefficient (Wildman–Crippen LogP) is 3.43. The van der Waals surface area contributed by atoms with Crippen molar-refractivity contribution in [2.24, 2.45) is 5.73 Å². The Kier molecular flexibility index (Phi) is 4.65. The minimum atomic E-state index is -0.904. The van der Waals surface area contributed by atoms with E-state index in [0.29, 0.717) is 6.54 Å². The first kappa shape index (κ1) is 16.9. The van der Waals surface area contributed by atoms with Crippen molar-refractivity contribution in [2.75, 3.05) is 11.9 Å². The minimum absolute atomic E-state index is 0.156. The van der Waals surface area contributed by atoms with Crippen LogP contribution in [-0.4, -0.2) is 23.4 Å². The van der Waals surface area contributed by atoms with Crippen LogP contribution in [-0.2, 0) is 0 Å². The Morgan fingerprint density at radius 3 is 2.52 bits per heavy atom. The van der Waals surface area contributed by atoms with Gasteiger partial charge < -0.3 is 16.0 Å². The molecule has 0 saturated carbocycles. The molecule has 7 heteroatoms. The molecule has 1 atom stereocenters. The molecule has 0 aliphatic carbocycles. The fourth-order valence-corrected chi connectivity index (χ4v) is 3.03. The van der Waals surface area contributed by atoms with E-state index in [9.17, 15) is 18.4 Å². The molecule has 25 heavy (non-hydrogen) atoms.